The minimum atomic E-state index is -1.16. The van der Waals surface area contributed by atoms with E-state index in [9.17, 15) is 0 Å². The lowest BCUT2D eigenvalue weighted by atomic mass is 10.2. The van der Waals surface area contributed by atoms with E-state index in [1.165, 1.54) is 70.2 Å². The van der Waals surface area contributed by atoms with Crippen molar-refractivity contribution < 1.29 is 0 Å². The van der Waals surface area contributed by atoms with Crippen LogP contribution in [-0.4, -0.2) is 88.4 Å². The highest BCUT2D eigenvalue weighted by Crippen LogP contribution is 2.32. The molecule has 0 unspecified atom stereocenters. The maximum atomic E-state index is 3.71. The predicted molar refractivity (Wildman–Crippen MR) is 180 cm³/mol. The third-order valence-corrected chi connectivity index (χ3v) is 20.3. The molecule has 0 spiro atoms. The molecule has 0 atom stereocenters. The van der Waals surface area contributed by atoms with E-state index in [0.29, 0.717) is 5.92 Å². The lowest BCUT2D eigenvalue weighted by Gasteiger charge is -2.32. The molecular formula is C31H67N3Si3. The van der Waals surface area contributed by atoms with E-state index in [4.69, 9.17) is 0 Å². The van der Waals surface area contributed by atoms with Crippen LogP contribution < -0.4 is 5.32 Å². The van der Waals surface area contributed by atoms with Crippen molar-refractivity contribution >= 4 is 24.2 Å². The van der Waals surface area contributed by atoms with Gasteiger partial charge < -0.3 is 15.1 Å². The predicted octanol–water partition coefficient (Wildman–Crippen LogP) is 8.28. The fraction of sp³-hybridized carbons (Fsp3) is 0.871. The van der Waals surface area contributed by atoms with Gasteiger partial charge in [0.1, 0.15) is 0 Å². The summed E-state index contributed by atoms with van der Waals surface area (Å²) in [6.45, 7) is 18.2. The molecule has 1 N–H and O–H groups in total. The van der Waals surface area contributed by atoms with Crippen LogP contribution in [0.25, 0.3) is 0 Å². The largest absolute Gasteiger partial charge is 0.316 e. The van der Waals surface area contributed by atoms with E-state index in [1.54, 1.807) is 30.2 Å². The standard InChI is InChI=1S/C31H67N3Si3/c1-33(2)21-14-23-35(5,6)25-16-28-37(9,27-13-12-20-32-30-31-18-10-11-19-31)29-17-26-36(7,8)24-15-22-34(3)4/h10-11,18-19,31-32H,12-17,20-30H2,1-9H3. The molecule has 0 aromatic carbocycles. The molecule has 3 nitrogen and oxygen atoms in total. The molecule has 0 amide bonds. The van der Waals surface area contributed by atoms with Crippen molar-refractivity contribution in [2.75, 3.05) is 54.4 Å². The van der Waals surface area contributed by atoms with Gasteiger partial charge in [0.05, 0.1) is 8.07 Å². The average molecular weight is 566 g/mol. The summed E-state index contributed by atoms with van der Waals surface area (Å²) < 4.78 is 0. The molecule has 6 heteroatoms. The van der Waals surface area contributed by atoms with Gasteiger partial charge in [0.25, 0.3) is 0 Å². The third kappa shape index (κ3) is 18.8. The van der Waals surface area contributed by atoms with E-state index in [0.717, 1.165) is 6.54 Å². The van der Waals surface area contributed by atoms with Crippen molar-refractivity contribution in [2.24, 2.45) is 5.92 Å². The number of allylic oxidation sites excluding steroid dienone is 2. The van der Waals surface area contributed by atoms with Crippen molar-refractivity contribution in [3.8, 4) is 0 Å². The molecule has 0 saturated heterocycles. The first-order chi connectivity index (χ1) is 17.3. The Bertz CT molecular complexity index is 600. The second-order valence-electron chi connectivity index (χ2n) is 14.8. The molecule has 0 fully saturated rings. The lowest BCUT2D eigenvalue weighted by molar-refractivity contribution is 0.407. The van der Waals surface area contributed by atoms with Gasteiger partial charge in [0.15, 0.2) is 0 Å². The number of nitrogens with one attached hydrogen (secondary N) is 1. The summed E-state index contributed by atoms with van der Waals surface area (Å²) in [5, 5.41) is 3.71. The zero-order valence-corrected chi connectivity index (χ0v) is 29.8. The minimum Gasteiger partial charge on any atom is -0.316 e. The molecular weight excluding hydrogens is 499 g/mol. The number of rotatable bonds is 23. The van der Waals surface area contributed by atoms with E-state index >= 15 is 0 Å². The van der Waals surface area contributed by atoms with Gasteiger partial charge in [-0.1, -0.05) is 119 Å². The zero-order valence-electron chi connectivity index (χ0n) is 26.8. The molecule has 0 saturated carbocycles. The van der Waals surface area contributed by atoms with Crippen LogP contribution in [0.1, 0.15) is 38.5 Å². The van der Waals surface area contributed by atoms with Gasteiger partial charge in [-0.15, -0.1) is 0 Å². The topological polar surface area (TPSA) is 18.5 Å². The second kappa shape index (κ2) is 18.4. The summed E-state index contributed by atoms with van der Waals surface area (Å²) in [5.74, 6) is 0.620. The molecule has 37 heavy (non-hydrogen) atoms. The average Bonchev–Trinajstić information content (AvgIpc) is 3.28. The van der Waals surface area contributed by atoms with Gasteiger partial charge in [0, 0.05) is 28.6 Å². The summed E-state index contributed by atoms with van der Waals surface area (Å²) in [7, 11) is 5.64. The van der Waals surface area contributed by atoms with Crippen LogP contribution in [0.5, 0.6) is 0 Å². The number of nitrogens with zero attached hydrogens (tertiary/aromatic N) is 2. The summed E-state index contributed by atoms with van der Waals surface area (Å²) in [5.41, 5.74) is 0. The third-order valence-electron chi connectivity index (χ3n) is 8.78. The van der Waals surface area contributed by atoms with Gasteiger partial charge in [-0.2, -0.15) is 0 Å². The summed E-state index contributed by atoms with van der Waals surface area (Å²) in [4.78, 5) is 4.71. The Morgan fingerprint density at radius 2 is 1.00 bits per heavy atom. The van der Waals surface area contributed by atoms with Gasteiger partial charge in [-0.25, -0.2) is 0 Å². The molecule has 0 heterocycles. The van der Waals surface area contributed by atoms with Crippen LogP contribution >= 0.6 is 0 Å². The van der Waals surface area contributed by atoms with Crippen LogP contribution in [0.4, 0.5) is 0 Å². The fourth-order valence-electron chi connectivity index (χ4n) is 6.04. The highest BCUT2D eigenvalue weighted by molar-refractivity contribution is 6.80. The Morgan fingerprint density at radius 3 is 1.46 bits per heavy atom. The quantitative estimate of drug-likeness (QED) is 0.0993. The van der Waals surface area contributed by atoms with Crippen LogP contribution in [0.2, 0.25) is 75.0 Å². The van der Waals surface area contributed by atoms with E-state index in [1.807, 2.05) is 0 Å². The normalized spacial score (nSPS) is 15.1. The Morgan fingerprint density at radius 1 is 0.568 bits per heavy atom. The lowest BCUT2D eigenvalue weighted by Crippen LogP contribution is -2.33. The highest BCUT2D eigenvalue weighted by atomic mass is 28.3. The Balaban J connectivity index is 2.49. The highest BCUT2D eigenvalue weighted by Gasteiger charge is 2.29. The first kappa shape index (κ1) is 35.0. The van der Waals surface area contributed by atoms with Gasteiger partial charge in [-0.05, 0) is 67.1 Å². The van der Waals surface area contributed by atoms with Crippen LogP contribution in [-0.2, 0) is 0 Å². The molecule has 218 valence electrons. The van der Waals surface area contributed by atoms with Gasteiger partial charge in [0.2, 0.25) is 0 Å². The SMILES string of the molecule is CN(C)CCC[Si](C)(C)CCC[Si](C)(CCCCNCC1C=CC=C1)CCC[Si](C)(C)CCCN(C)C. The molecule has 1 aliphatic carbocycles. The van der Waals surface area contributed by atoms with Crippen molar-refractivity contribution in [1.29, 1.82) is 0 Å². The Hall–Kier alpha value is 0.0106. The van der Waals surface area contributed by atoms with Crippen LogP contribution in [0.3, 0.4) is 0 Å². The summed E-state index contributed by atoms with van der Waals surface area (Å²) >= 11 is 0. The monoisotopic (exact) mass is 565 g/mol. The summed E-state index contributed by atoms with van der Waals surface area (Å²) in [6, 6.07) is 10.9. The first-order valence-corrected chi connectivity index (χ1v) is 25.6. The Kier molecular flexibility index (Phi) is 17.4. The van der Waals surface area contributed by atoms with E-state index in [-0.39, 0.29) is 0 Å². The maximum Gasteiger partial charge on any atom is 0.0504 e. The van der Waals surface area contributed by atoms with Crippen LogP contribution in [0.15, 0.2) is 24.3 Å². The fourth-order valence-corrected chi connectivity index (χ4v) is 15.7. The zero-order chi connectivity index (χ0) is 27.8. The van der Waals surface area contributed by atoms with Gasteiger partial charge >= 0.3 is 0 Å². The number of hydrogen-bond acceptors (Lipinski definition) is 3. The smallest absolute Gasteiger partial charge is 0.0504 e. The van der Waals surface area contributed by atoms with Crippen molar-refractivity contribution in [3.63, 3.8) is 0 Å². The Labute approximate surface area is 237 Å². The molecule has 0 aromatic heterocycles. The van der Waals surface area contributed by atoms with E-state index < -0.39 is 24.2 Å². The van der Waals surface area contributed by atoms with Crippen molar-refractivity contribution in [2.45, 2.75) is 114 Å². The molecule has 0 aliphatic heterocycles. The molecule has 0 aromatic rings. The maximum absolute atomic E-state index is 3.71. The molecule has 1 aliphatic rings. The minimum absolute atomic E-state index is 0.620. The molecule has 1 rings (SSSR count). The number of unbranched alkanes of at least 4 members (excludes halogenated alkanes) is 1. The van der Waals surface area contributed by atoms with Crippen molar-refractivity contribution in [3.05, 3.63) is 24.3 Å². The number of hydrogen-bond donors (Lipinski definition) is 1. The van der Waals surface area contributed by atoms with E-state index in [2.05, 4.69) is 100 Å². The molecule has 0 radical (unpaired) electrons. The second-order valence-corrected chi connectivity index (χ2v) is 30.5. The molecule has 0 bridgehead atoms. The first-order valence-electron chi connectivity index (χ1n) is 15.7. The van der Waals surface area contributed by atoms with Gasteiger partial charge in [-0.3, -0.25) is 0 Å². The summed E-state index contributed by atoms with van der Waals surface area (Å²) in [6.07, 6.45) is 17.6. The van der Waals surface area contributed by atoms with Crippen molar-refractivity contribution in [1.82, 2.24) is 15.1 Å². The van der Waals surface area contributed by atoms with Crippen LogP contribution in [0, 0.1) is 5.92 Å².